The van der Waals surface area contributed by atoms with Gasteiger partial charge in [-0.05, 0) is 25.2 Å². The number of epoxide rings is 1. The molecule has 4 atom stereocenters. The number of aliphatic hydroxyl groups excluding tert-OH is 1. The lowest BCUT2D eigenvalue weighted by atomic mass is 10.0. The first-order valence-electron chi connectivity index (χ1n) is 6.04. The van der Waals surface area contributed by atoms with E-state index in [1.54, 1.807) is 13.0 Å². The predicted octanol–water partition coefficient (Wildman–Crippen LogP) is 0.562. The van der Waals surface area contributed by atoms with Gasteiger partial charge in [0.25, 0.3) is 0 Å². The highest BCUT2D eigenvalue weighted by Crippen LogP contribution is 2.52. The van der Waals surface area contributed by atoms with E-state index < -0.39 is 11.9 Å². The molecule has 3 rings (SSSR count). The zero-order valence-corrected chi connectivity index (χ0v) is 10.1. The van der Waals surface area contributed by atoms with Crippen LogP contribution < -0.4 is 0 Å². The Hall–Kier alpha value is -1.46. The van der Waals surface area contributed by atoms with Gasteiger partial charge in [-0.1, -0.05) is 11.8 Å². The molecule has 3 saturated heterocycles. The molecule has 0 amide bonds. The summed E-state index contributed by atoms with van der Waals surface area (Å²) in [4.78, 5) is 0. The fourth-order valence-corrected chi connectivity index (χ4v) is 2.36. The standard InChI is InChI=1S/C14H14O4/c1-2-3-4-5-6-11-12-13(17-12)14(18-11)8-7-10(15)9-16-14/h6,10,12-13,15H,7-9H2,1H3/t10-,12+,13+,14+/m0/s1. The number of hydrogen-bond donors (Lipinski definition) is 1. The lowest BCUT2D eigenvalue weighted by molar-refractivity contribution is -0.257. The first-order chi connectivity index (χ1) is 8.75. The van der Waals surface area contributed by atoms with Gasteiger partial charge in [-0.15, -0.1) is 0 Å². The molecule has 1 N–H and O–H groups in total. The number of hydrogen-bond acceptors (Lipinski definition) is 4. The third-order valence-corrected chi connectivity index (χ3v) is 3.32. The number of aliphatic hydroxyl groups is 1. The van der Waals surface area contributed by atoms with E-state index in [0.29, 0.717) is 25.2 Å². The Morgan fingerprint density at radius 1 is 1.44 bits per heavy atom. The van der Waals surface area contributed by atoms with Crippen LogP contribution in [0.3, 0.4) is 0 Å². The number of ether oxygens (including phenoxy) is 3. The van der Waals surface area contributed by atoms with Crippen molar-refractivity contribution in [1.29, 1.82) is 0 Å². The Morgan fingerprint density at radius 3 is 3.06 bits per heavy atom. The van der Waals surface area contributed by atoms with E-state index in [1.807, 2.05) is 0 Å². The van der Waals surface area contributed by atoms with E-state index in [0.717, 1.165) is 0 Å². The van der Waals surface area contributed by atoms with E-state index in [9.17, 15) is 5.11 Å². The molecular formula is C14H14O4. The van der Waals surface area contributed by atoms with Crippen molar-refractivity contribution in [3.05, 3.63) is 11.8 Å². The molecule has 0 aromatic rings. The van der Waals surface area contributed by atoms with Crippen LogP contribution in [0, 0.1) is 23.7 Å². The van der Waals surface area contributed by atoms with Crippen LogP contribution in [0.1, 0.15) is 19.8 Å². The zero-order chi connectivity index (χ0) is 12.6. The first kappa shape index (κ1) is 11.6. The highest BCUT2D eigenvalue weighted by Gasteiger charge is 2.67. The maximum Gasteiger partial charge on any atom is 0.239 e. The van der Waals surface area contributed by atoms with Crippen LogP contribution >= 0.6 is 0 Å². The van der Waals surface area contributed by atoms with Crippen molar-refractivity contribution in [1.82, 2.24) is 0 Å². The largest absolute Gasteiger partial charge is 0.460 e. The monoisotopic (exact) mass is 246 g/mol. The van der Waals surface area contributed by atoms with Crippen LogP contribution in [-0.2, 0) is 14.2 Å². The molecule has 0 radical (unpaired) electrons. The number of rotatable bonds is 0. The van der Waals surface area contributed by atoms with Gasteiger partial charge in [0.1, 0.15) is 11.9 Å². The van der Waals surface area contributed by atoms with Gasteiger partial charge in [0.05, 0.1) is 12.7 Å². The molecule has 3 aliphatic rings. The van der Waals surface area contributed by atoms with Crippen LogP contribution in [0.2, 0.25) is 0 Å². The maximum atomic E-state index is 9.45. The SMILES string of the molecule is CC#CC#CC=C1O[C@]2(CC[C@H](O)CO2)[C@@H]2O[C@H]12. The smallest absolute Gasteiger partial charge is 0.239 e. The Balaban J connectivity index is 1.72. The van der Waals surface area contributed by atoms with Crippen LogP contribution in [0.5, 0.6) is 0 Å². The van der Waals surface area contributed by atoms with Gasteiger partial charge in [0, 0.05) is 12.5 Å². The Morgan fingerprint density at radius 2 is 2.33 bits per heavy atom. The fraction of sp³-hybridized carbons (Fsp3) is 0.571. The molecule has 0 aromatic carbocycles. The summed E-state index contributed by atoms with van der Waals surface area (Å²) in [6.07, 6.45) is 2.53. The van der Waals surface area contributed by atoms with Gasteiger partial charge in [0.2, 0.25) is 5.79 Å². The Bertz CT molecular complexity index is 491. The molecule has 3 aliphatic heterocycles. The molecule has 3 heterocycles. The predicted molar refractivity (Wildman–Crippen MR) is 63.0 cm³/mol. The lowest BCUT2D eigenvalue weighted by Crippen LogP contribution is -2.45. The Kier molecular flexibility index (Phi) is 2.80. The summed E-state index contributed by atoms with van der Waals surface area (Å²) in [6, 6.07) is 0. The summed E-state index contributed by atoms with van der Waals surface area (Å²) < 4.78 is 17.0. The molecular weight excluding hydrogens is 232 g/mol. The summed E-state index contributed by atoms with van der Waals surface area (Å²) in [6.45, 7) is 2.04. The van der Waals surface area contributed by atoms with Gasteiger partial charge in [-0.3, -0.25) is 0 Å². The topological polar surface area (TPSA) is 51.2 Å². The summed E-state index contributed by atoms with van der Waals surface area (Å²) in [7, 11) is 0. The lowest BCUT2D eigenvalue weighted by Gasteiger charge is -2.35. The Labute approximate surface area is 106 Å². The number of fused-ring (bicyclic) bond motifs is 2. The van der Waals surface area contributed by atoms with E-state index in [2.05, 4.69) is 23.7 Å². The molecule has 18 heavy (non-hydrogen) atoms. The van der Waals surface area contributed by atoms with Crippen molar-refractivity contribution >= 4 is 0 Å². The molecule has 4 nitrogen and oxygen atoms in total. The van der Waals surface area contributed by atoms with E-state index >= 15 is 0 Å². The maximum absolute atomic E-state index is 9.45. The van der Waals surface area contributed by atoms with Gasteiger partial charge in [-0.25, -0.2) is 0 Å². The van der Waals surface area contributed by atoms with E-state index in [1.165, 1.54) is 0 Å². The average Bonchev–Trinajstić information content (AvgIpc) is 3.12. The van der Waals surface area contributed by atoms with Crippen molar-refractivity contribution in [3.8, 4) is 23.7 Å². The van der Waals surface area contributed by atoms with Crippen molar-refractivity contribution in [3.63, 3.8) is 0 Å². The second-order valence-corrected chi connectivity index (χ2v) is 4.59. The summed E-state index contributed by atoms with van der Waals surface area (Å²) in [5.74, 6) is 10.9. The summed E-state index contributed by atoms with van der Waals surface area (Å²) in [5, 5.41) is 9.45. The molecule has 0 bridgehead atoms. The van der Waals surface area contributed by atoms with Crippen LogP contribution in [0.15, 0.2) is 11.8 Å². The highest BCUT2D eigenvalue weighted by molar-refractivity contribution is 5.34. The zero-order valence-electron chi connectivity index (χ0n) is 10.1. The van der Waals surface area contributed by atoms with Crippen molar-refractivity contribution in [2.75, 3.05) is 6.61 Å². The van der Waals surface area contributed by atoms with Crippen molar-refractivity contribution in [2.45, 2.75) is 43.9 Å². The normalized spacial score (nSPS) is 42.3. The second-order valence-electron chi connectivity index (χ2n) is 4.59. The van der Waals surface area contributed by atoms with Gasteiger partial charge >= 0.3 is 0 Å². The summed E-state index contributed by atoms with van der Waals surface area (Å²) in [5.41, 5.74) is 0. The molecule has 4 heteroatoms. The molecule has 0 aromatic heterocycles. The molecule has 0 aliphatic carbocycles. The fourth-order valence-electron chi connectivity index (χ4n) is 2.36. The van der Waals surface area contributed by atoms with Crippen molar-refractivity contribution in [2.24, 2.45) is 0 Å². The van der Waals surface area contributed by atoms with Crippen LogP contribution in [0.4, 0.5) is 0 Å². The molecule has 0 saturated carbocycles. The van der Waals surface area contributed by atoms with Gasteiger partial charge in [-0.2, -0.15) is 0 Å². The van der Waals surface area contributed by atoms with Gasteiger partial charge in [0.15, 0.2) is 6.10 Å². The third kappa shape index (κ3) is 1.89. The highest BCUT2D eigenvalue weighted by atomic mass is 16.8. The minimum Gasteiger partial charge on any atom is -0.460 e. The quantitative estimate of drug-likeness (QED) is 0.501. The second kappa shape index (κ2) is 4.33. The van der Waals surface area contributed by atoms with Crippen LogP contribution in [-0.4, -0.2) is 35.8 Å². The summed E-state index contributed by atoms with van der Waals surface area (Å²) >= 11 is 0. The van der Waals surface area contributed by atoms with Crippen molar-refractivity contribution < 1.29 is 19.3 Å². The molecule has 0 unspecified atom stereocenters. The first-order valence-corrected chi connectivity index (χ1v) is 6.04. The van der Waals surface area contributed by atoms with Gasteiger partial charge < -0.3 is 19.3 Å². The van der Waals surface area contributed by atoms with E-state index in [4.69, 9.17) is 14.2 Å². The van der Waals surface area contributed by atoms with E-state index in [-0.39, 0.29) is 12.2 Å². The minimum atomic E-state index is -0.701. The number of allylic oxidation sites excluding steroid dienone is 1. The molecule has 94 valence electrons. The van der Waals surface area contributed by atoms with Crippen LogP contribution in [0.25, 0.3) is 0 Å². The molecule has 1 spiro atoms. The molecule has 3 fully saturated rings. The average molecular weight is 246 g/mol. The minimum absolute atomic E-state index is 0.0378. The third-order valence-electron chi connectivity index (χ3n) is 3.32.